The molecule has 9 nitrogen and oxygen atoms in total. The van der Waals surface area contributed by atoms with Crippen molar-refractivity contribution in [3.8, 4) is 11.8 Å². The van der Waals surface area contributed by atoms with Crippen LogP contribution in [0.15, 0.2) is 66.9 Å². The van der Waals surface area contributed by atoms with Crippen molar-refractivity contribution in [3.63, 3.8) is 0 Å². The number of benzene rings is 2. The van der Waals surface area contributed by atoms with Crippen LogP contribution in [0.5, 0.6) is 0 Å². The number of hydrogen-bond acceptors (Lipinski definition) is 6. The van der Waals surface area contributed by atoms with Crippen molar-refractivity contribution in [3.05, 3.63) is 101 Å². The highest BCUT2D eigenvalue weighted by Crippen LogP contribution is 2.20. The van der Waals surface area contributed by atoms with Crippen molar-refractivity contribution in [2.24, 2.45) is 0 Å². The Bertz CT molecular complexity index is 1490. The molecule has 0 saturated heterocycles. The summed E-state index contributed by atoms with van der Waals surface area (Å²) in [4.78, 5) is 24.8. The number of hydrogen-bond donors (Lipinski definition) is 1. The van der Waals surface area contributed by atoms with Gasteiger partial charge in [0.2, 0.25) is 0 Å². The number of nitrogens with zero attached hydrogens (tertiary/aromatic N) is 5. The molecule has 1 N–H and O–H groups in total. The average Bonchev–Trinajstić information content (AvgIpc) is 3.42. The normalized spacial score (nSPS) is 10.9. The predicted octanol–water partition coefficient (Wildman–Crippen LogP) is 4.11. The number of esters is 1. The molecule has 186 valence electrons. The maximum Gasteiger partial charge on any atom is 0.331 e. The Kier molecular flexibility index (Phi) is 7.59. The van der Waals surface area contributed by atoms with Gasteiger partial charge >= 0.3 is 5.97 Å². The van der Waals surface area contributed by atoms with Crippen molar-refractivity contribution < 1.29 is 14.3 Å². The molecular formula is C28H26N6O3. The van der Waals surface area contributed by atoms with Gasteiger partial charge < -0.3 is 10.1 Å². The fourth-order valence-electron chi connectivity index (χ4n) is 3.79. The number of carbonyl (C=O) groups excluding carboxylic acids is 2. The first-order valence-electron chi connectivity index (χ1n) is 11.6. The van der Waals surface area contributed by atoms with E-state index in [1.54, 1.807) is 18.2 Å². The molecule has 0 aliphatic rings. The second kappa shape index (κ2) is 11.2. The van der Waals surface area contributed by atoms with Gasteiger partial charge in [0.25, 0.3) is 5.91 Å². The quantitative estimate of drug-likeness (QED) is 0.291. The number of anilines is 1. The third-order valence-electron chi connectivity index (χ3n) is 5.77. The summed E-state index contributed by atoms with van der Waals surface area (Å²) in [6.45, 7) is 5.96. The Hall–Kier alpha value is -4.97. The van der Waals surface area contributed by atoms with Gasteiger partial charge in [0.05, 0.1) is 24.1 Å². The van der Waals surface area contributed by atoms with Crippen LogP contribution in [0.25, 0.3) is 11.8 Å². The molecule has 0 atom stereocenters. The molecule has 4 aromatic rings. The zero-order valence-corrected chi connectivity index (χ0v) is 20.8. The number of rotatable bonds is 8. The Morgan fingerprint density at radius 2 is 1.81 bits per heavy atom. The fraction of sp³-hybridized carbons (Fsp3) is 0.179. The Morgan fingerprint density at radius 1 is 1.08 bits per heavy atom. The molecule has 0 bridgehead atoms. The first-order valence-corrected chi connectivity index (χ1v) is 11.6. The van der Waals surface area contributed by atoms with Crippen LogP contribution in [0.1, 0.15) is 33.6 Å². The standard InChI is InChI=1S/C28H26N6O3/c1-19-9-11-22(12-10-19)17-33-21(3)25(20(2)32-33)13-14-27(36)37-18-26(35)31-28-23(15-29)16-30-34(28)24-7-5-4-6-8-24/h4-14,16H,17-18H2,1-3H3,(H,31,35)/b14-13+. The van der Waals surface area contributed by atoms with E-state index in [4.69, 9.17) is 4.74 Å². The molecule has 1 amide bonds. The molecule has 0 spiro atoms. The van der Waals surface area contributed by atoms with E-state index in [9.17, 15) is 14.9 Å². The highest BCUT2D eigenvalue weighted by atomic mass is 16.5. The summed E-state index contributed by atoms with van der Waals surface area (Å²) in [7, 11) is 0. The van der Waals surface area contributed by atoms with E-state index in [1.165, 1.54) is 22.5 Å². The van der Waals surface area contributed by atoms with Gasteiger partial charge in [-0.15, -0.1) is 0 Å². The first-order chi connectivity index (χ1) is 17.9. The lowest BCUT2D eigenvalue weighted by molar-refractivity contribution is -0.142. The van der Waals surface area contributed by atoms with Crippen LogP contribution < -0.4 is 5.32 Å². The number of aromatic nitrogens is 4. The van der Waals surface area contributed by atoms with Crippen LogP contribution in [0.4, 0.5) is 5.82 Å². The lowest BCUT2D eigenvalue weighted by atomic mass is 10.1. The van der Waals surface area contributed by atoms with Gasteiger partial charge in [-0.1, -0.05) is 48.0 Å². The molecule has 0 fully saturated rings. The number of nitriles is 1. The molecule has 0 unspecified atom stereocenters. The van der Waals surface area contributed by atoms with Gasteiger partial charge in [-0.25, -0.2) is 9.48 Å². The lowest BCUT2D eigenvalue weighted by Gasteiger charge is -2.09. The van der Waals surface area contributed by atoms with Crippen LogP contribution >= 0.6 is 0 Å². The van der Waals surface area contributed by atoms with Crippen molar-refractivity contribution >= 4 is 23.8 Å². The number of para-hydroxylation sites is 1. The van der Waals surface area contributed by atoms with Gasteiger partial charge in [0, 0.05) is 17.3 Å². The van der Waals surface area contributed by atoms with Crippen LogP contribution in [-0.2, 0) is 20.9 Å². The topological polar surface area (TPSA) is 115 Å². The summed E-state index contributed by atoms with van der Waals surface area (Å²) in [5.41, 5.74) is 5.71. The predicted molar refractivity (Wildman–Crippen MR) is 139 cm³/mol. The van der Waals surface area contributed by atoms with Crippen molar-refractivity contribution in [2.45, 2.75) is 27.3 Å². The molecule has 37 heavy (non-hydrogen) atoms. The van der Waals surface area contributed by atoms with Crippen LogP contribution in [0.3, 0.4) is 0 Å². The minimum absolute atomic E-state index is 0.192. The smallest absolute Gasteiger partial charge is 0.331 e. The summed E-state index contributed by atoms with van der Waals surface area (Å²) in [5.74, 6) is -1.05. The van der Waals surface area contributed by atoms with Gasteiger partial charge in [0.15, 0.2) is 12.4 Å². The largest absolute Gasteiger partial charge is 0.452 e. The number of carbonyl (C=O) groups is 2. The second-order valence-electron chi connectivity index (χ2n) is 8.48. The maximum atomic E-state index is 12.5. The fourth-order valence-corrected chi connectivity index (χ4v) is 3.79. The summed E-state index contributed by atoms with van der Waals surface area (Å²) < 4.78 is 8.44. The van der Waals surface area contributed by atoms with Crippen molar-refractivity contribution in [1.82, 2.24) is 19.6 Å². The highest BCUT2D eigenvalue weighted by molar-refractivity contribution is 5.95. The molecule has 2 aromatic carbocycles. The lowest BCUT2D eigenvalue weighted by Crippen LogP contribution is -2.22. The highest BCUT2D eigenvalue weighted by Gasteiger charge is 2.16. The van der Waals surface area contributed by atoms with Gasteiger partial charge in [0.1, 0.15) is 11.6 Å². The zero-order chi connectivity index (χ0) is 26.4. The second-order valence-corrected chi connectivity index (χ2v) is 8.48. The molecular weight excluding hydrogens is 468 g/mol. The molecule has 4 rings (SSSR count). The van der Waals surface area contributed by atoms with Gasteiger partial charge in [-0.3, -0.25) is 9.48 Å². The van der Waals surface area contributed by atoms with E-state index in [0.717, 1.165) is 22.5 Å². The third-order valence-corrected chi connectivity index (χ3v) is 5.77. The first kappa shape index (κ1) is 25.1. The summed E-state index contributed by atoms with van der Waals surface area (Å²) >= 11 is 0. The van der Waals surface area contributed by atoms with Gasteiger partial charge in [-0.2, -0.15) is 15.5 Å². The monoisotopic (exact) mass is 494 g/mol. The maximum absolute atomic E-state index is 12.5. The molecule has 0 aliphatic carbocycles. The van der Waals surface area contributed by atoms with E-state index in [0.29, 0.717) is 12.2 Å². The summed E-state index contributed by atoms with van der Waals surface area (Å²) in [6, 6.07) is 19.3. The van der Waals surface area contributed by atoms with E-state index in [-0.39, 0.29) is 11.4 Å². The van der Waals surface area contributed by atoms with E-state index in [2.05, 4.69) is 39.8 Å². The Balaban J connectivity index is 1.37. The molecule has 2 aromatic heterocycles. The van der Waals surface area contributed by atoms with E-state index < -0.39 is 18.5 Å². The number of aryl methyl sites for hydroxylation is 2. The minimum Gasteiger partial charge on any atom is -0.452 e. The third kappa shape index (κ3) is 6.00. The van der Waals surface area contributed by atoms with E-state index in [1.807, 2.05) is 49.7 Å². The van der Waals surface area contributed by atoms with Crippen molar-refractivity contribution in [2.75, 3.05) is 11.9 Å². The SMILES string of the molecule is Cc1ccc(Cn2nc(C)c(/C=C/C(=O)OCC(=O)Nc3c(C#N)cnn3-c3ccccc3)c2C)cc1. The number of ether oxygens (including phenoxy) is 1. The molecule has 0 radical (unpaired) electrons. The minimum atomic E-state index is -0.669. The Labute approximate surface area is 214 Å². The number of amides is 1. The Morgan fingerprint density at radius 3 is 2.51 bits per heavy atom. The van der Waals surface area contributed by atoms with Crippen LogP contribution in [-0.4, -0.2) is 38.0 Å². The van der Waals surface area contributed by atoms with Gasteiger partial charge in [-0.05, 0) is 44.5 Å². The molecule has 0 saturated carbocycles. The number of nitrogens with one attached hydrogen (secondary N) is 1. The molecule has 9 heteroatoms. The average molecular weight is 495 g/mol. The van der Waals surface area contributed by atoms with E-state index >= 15 is 0 Å². The summed E-state index contributed by atoms with van der Waals surface area (Å²) in [6.07, 6.45) is 4.28. The zero-order valence-electron chi connectivity index (χ0n) is 20.8. The van der Waals surface area contributed by atoms with Crippen LogP contribution in [0.2, 0.25) is 0 Å². The summed E-state index contributed by atoms with van der Waals surface area (Å²) in [5, 5.41) is 20.7. The van der Waals surface area contributed by atoms with Crippen LogP contribution in [0, 0.1) is 32.1 Å². The molecule has 2 heterocycles. The van der Waals surface area contributed by atoms with Crippen molar-refractivity contribution in [1.29, 1.82) is 5.26 Å². The molecule has 0 aliphatic heterocycles.